The fourth-order valence-electron chi connectivity index (χ4n) is 2.56. The lowest BCUT2D eigenvalue weighted by Crippen LogP contribution is -2.15. The number of carbonyl (C=O) groups excluding carboxylic acids is 1. The van der Waals surface area contributed by atoms with Gasteiger partial charge in [0.05, 0.1) is 9.82 Å². The van der Waals surface area contributed by atoms with Crippen molar-refractivity contribution in [1.82, 2.24) is 0 Å². The molecule has 6 heteroatoms. The zero-order valence-corrected chi connectivity index (χ0v) is 14.8. The number of aryl methyl sites for hydroxylation is 2. The van der Waals surface area contributed by atoms with E-state index in [4.69, 9.17) is 0 Å². The van der Waals surface area contributed by atoms with E-state index in [0.29, 0.717) is 4.90 Å². The number of nitro benzene ring substituents is 1. The fraction of sp³-hybridized carbons (Fsp3) is 0.278. The molecule has 0 unspecified atom stereocenters. The summed E-state index contributed by atoms with van der Waals surface area (Å²) in [5.41, 5.74) is 3.15. The Morgan fingerprint density at radius 3 is 2.29 bits per heavy atom. The van der Waals surface area contributed by atoms with Crippen LogP contribution < -0.4 is 5.32 Å². The van der Waals surface area contributed by atoms with Crippen LogP contribution in [0.4, 0.5) is 11.4 Å². The summed E-state index contributed by atoms with van der Waals surface area (Å²) in [6, 6.07) is 10.5. The Kier molecular flexibility index (Phi) is 5.98. The van der Waals surface area contributed by atoms with Gasteiger partial charge in [0, 0.05) is 17.3 Å². The minimum atomic E-state index is -0.458. The molecule has 0 aliphatic carbocycles. The van der Waals surface area contributed by atoms with Crippen LogP contribution in [0.1, 0.15) is 35.3 Å². The number of amides is 1. The van der Waals surface area contributed by atoms with E-state index in [0.717, 1.165) is 29.7 Å². The molecule has 1 N–H and O–H groups in total. The molecule has 0 fully saturated rings. The Labute approximate surface area is 145 Å². The van der Waals surface area contributed by atoms with Crippen LogP contribution in [0.2, 0.25) is 0 Å². The molecule has 0 aliphatic rings. The molecule has 5 nitrogen and oxygen atoms in total. The number of hydrogen-bond donors (Lipinski definition) is 1. The van der Waals surface area contributed by atoms with Gasteiger partial charge in [-0.2, -0.15) is 0 Å². The molecule has 0 radical (unpaired) electrons. The predicted molar refractivity (Wildman–Crippen MR) is 98.0 cm³/mol. The highest BCUT2D eigenvalue weighted by Crippen LogP contribution is 2.29. The summed E-state index contributed by atoms with van der Waals surface area (Å²) in [5.74, 6) is -0.332. The van der Waals surface area contributed by atoms with E-state index in [1.807, 2.05) is 32.0 Å². The number of thioether (sulfide) groups is 1. The van der Waals surface area contributed by atoms with Crippen LogP contribution in [0.15, 0.2) is 41.3 Å². The van der Waals surface area contributed by atoms with Crippen LogP contribution in [-0.4, -0.2) is 17.1 Å². The molecular formula is C18H20N2O3S. The molecule has 0 saturated heterocycles. The number of carbonyl (C=O) groups is 1. The molecule has 24 heavy (non-hydrogen) atoms. The number of hydrogen-bond acceptors (Lipinski definition) is 4. The molecule has 0 spiro atoms. The van der Waals surface area contributed by atoms with Crippen LogP contribution in [0, 0.1) is 10.1 Å². The molecule has 0 aliphatic heterocycles. The van der Waals surface area contributed by atoms with Crippen molar-refractivity contribution < 1.29 is 9.72 Å². The average Bonchev–Trinajstić information content (AvgIpc) is 2.61. The number of nitrogens with one attached hydrogen (secondary N) is 1. The topological polar surface area (TPSA) is 72.2 Å². The van der Waals surface area contributed by atoms with E-state index in [2.05, 4.69) is 5.32 Å². The number of anilines is 1. The van der Waals surface area contributed by atoms with Crippen molar-refractivity contribution in [3.8, 4) is 0 Å². The van der Waals surface area contributed by atoms with E-state index in [9.17, 15) is 14.9 Å². The zero-order valence-electron chi connectivity index (χ0n) is 14.0. The van der Waals surface area contributed by atoms with Crippen molar-refractivity contribution in [2.45, 2.75) is 31.6 Å². The van der Waals surface area contributed by atoms with Gasteiger partial charge in [-0.1, -0.05) is 32.0 Å². The maximum absolute atomic E-state index is 12.6. The Hall–Kier alpha value is -2.34. The second kappa shape index (κ2) is 7.97. The lowest BCUT2D eigenvalue weighted by molar-refractivity contribution is -0.387. The minimum Gasteiger partial charge on any atom is -0.321 e. The molecule has 126 valence electrons. The Morgan fingerprint density at radius 2 is 1.79 bits per heavy atom. The highest BCUT2D eigenvalue weighted by atomic mass is 32.2. The first-order valence-electron chi connectivity index (χ1n) is 7.76. The Morgan fingerprint density at radius 1 is 1.17 bits per heavy atom. The third-order valence-electron chi connectivity index (χ3n) is 3.88. The van der Waals surface area contributed by atoms with Crippen molar-refractivity contribution in [3.63, 3.8) is 0 Å². The summed E-state index contributed by atoms with van der Waals surface area (Å²) in [4.78, 5) is 23.8. The van der Waals surface area contributed by atoms with E-state index in [1.54, 1.807) is 18.4 Å². The van der Waals surface area contributed by atoms with E-state index in [1.165, 1.54) is 17.8 Å². The van der Waals surface area contributed by atoms with Crippen LogP contribution in [0.25, 0.3) is 0 Å². The highest BCUT2D eigenvalue weighted by molar-refractivity contribution is 7.98. The molecule has 1 amide bonds. The summed E-state index contributed by atoms with van der Waals surface area (Å²) in [6.07, 6.45) is 3.37. The summed E-state index contributed by atoms with van der Waals surface area (Å²) < 4.78 is 0. The van der Waals surface area contributed by atoms with Gasteiger partial charge in [0.15, 0.2) is 0 Å². The number of rotatable bonds is 6. The molecule has 2 aromatic rings. The molecule has 2 aromatic carbocycles. The lowest BCUT2D eigenvalue weighted by Gasteiger charge is -2.14. The van der Waals surface area contributed by atoms with E-state index in [-0.39, 0.29) is 17.2 Å². The second-order valence-corrected chi connectivity index (χ2v) is 6.10. The SMILES string of the molecule is CCc1cccc(CC)c1NC(=O)c1ccc(SC)c([N+](=O)[O-])c1. The molecule has 2 rings (SSSR count). The second-order valence-electron chi connectivity index (χ2n) is 5.26. The molecule has 0 atom stereocenters. The van der Waals surface area contributed by atoms with Gasteiger partial charge in [0.1, 0.15) is 0 Å². The van der Waals surface area contributed by atoms with Gasteiger partial charge in [-0.05, 0) is 42.4 Å². The maximum Gasteiger partial charge on any atom is 0.283 e. The lowest BCUT2D eigenvalue weighted by atomic mass is 10.0. The molecule has 0 bridgehead atoms. The summed E-state index contributed by atoms with van der Waals surface area (Å²) in [7, 11) is 0. The van der Waals surface area contributed by atoms with Crippen molar-refractivity contribution in [2.75, 3.05) is 11.6 Å². The van der Waals surface area contributed by atoms with Crippen LogP contribution in [-0.2, 0) is 12.8 Å². The average molecular weight is 344 g/mol. The molecule has 0 saturated carbocycles. The first-order chi connectivity index (χ1) is 11.5. The third-order valence-corrected chi connectivity index (χ3v) is 4.66. The smallest absolute Gasteiger partial charge is 0.283 e. The van der Waals surface area contributed by atoms with Gasteiger partial charge in [0.25, 0.3) is 11.6 Å². The van der Waals surface area contributed by atoms with Crippen molar-refractivity contribution >= 4 is 29.0 Å². The fourth-order valence-corrected chi connectivity index (χ4v) is 3.11. The predicted octanol–water partition coefficient (Wildman–Crippen LogP) is 4.69. The first-order valence-corrected chi connectivity index (χ1v) is 8.98. The zero-order chi connectivity index (χ0) is 17.7. The molecule has 0 heterocycles. The first kappa shape index (κ1) is 18.0. The summed E-state index contributed by atoms with van der Waals surface area (Å²) in [6.45, 7) is 4.06. The van der Waals surface area contributed by atoms with Gasteiger partial charge in [0.2, 0.25) is 0 Å². The number of benzene rings is 2. The minimum absolute atomic E-state index is 0.0466. The van der Waals surface area contributed by atoms with Gasteiger partial charge in [-0.25, -0.2) is 0 Å². The molecule has 0 aromatic heterocycles. The number of nitrogens with zero attached hydrogens (tertiary/aromatic N) is 1. The van der Waals surface area contributed by atoms with E-state index >= 15 is 0 Å². The van der Waals surface area contributed by atoms with Gasteiger partial charge in [-0.3, -0.25) is 14.9 Å². The Bertz CT molecular complexity index is 753. The van der Waals surface area contributed by atoms with Gasteiger partial charge >= 0.3 is 0 Å². The Balaban J connectivity index is 2.38. The summed E-state index contributed by atoms with van der Waals surface area (Å²) in [5, 5.41) is 14.1. The third kappa shape index (κ3) is 3.76. The standard InChI is InChI=1S/C18H20N2O3S/c1-4-12-7-6-8-13(5-2)17(12)19-18(21)14-9-10-16(24-3)15(11-14)20(22)23/h6-11H,4-5H2,1-3H3,(H,19,21). The number of nitro groups is 1. The van der Waals surface area contributed by atoms with Crippen molar-refractivity contribution in [1.29, 1.82) is 0 Å². The monoisotopic (exact) mass is 344 g/mol. The number of para-hydroxylation sites is 1. The van der Waals surface area contributed by atoms with Gasteiger partial charge < -0.3 is 5.32 Å². The van der Waals surface area contributed by atoms with Crippen LogP contribution in [0.5, 0.6) is 0 Å². The van der Waals surface area contributed by atoms with Gasteiger partial charge in [-0.15, -0.1) is 11.8 Å². The largest absolute Gasteiger partial charge is 0.321 e. The quantitative estimate of drug-likeness (QED) is 0.468. The summed E-state index contributed by atoms with van der Waals surface area (Å²) >= 11 is 1.29. The van der Waals surface area contributed by atoms with Crippen molar-refractivity contribution in [2.24, 2.45) is 0 Å². The van der Waals surface area contributed by atoms with Crippen LogP contribution in [0.3, 0.4) is 0 Å². The van der Waals surface area contributed by atoms with E-state index < -0.39 is 4.92 Å². The van der Waals surface area contributed by atoms with Crippen molar-refractivity contribution in [3.05, 3.63) is 63.2 Å². The van der Waals surface area contributed by atoms with Crippen LogP contribution >= 0.6 is 11.8 Å². The maximum atomic E-state index is 12.6. The highest BCUT2D eigenvalue weighted by Gasteiger charge is 2.18. The molecular weight excluding hydrogens is 324 g/mol. The normalized spacial score (nSPS) is 10.5.